The maximum Gasteiger partial charge on any atom is 0.225 e. The minimum absolute atomic E-state index is 0.0226. The van der Waals surface area contributed by atoms with Gasteiger partial charge in [0.25, 0.3) is 0 Å². The zero-order valence-corrected chi connectivity index (χ0v) is 11.5. The first-order valence-corrected chi connectivity index (χ1v) is 7.06. The van der Waals surface area contributed by atoms with Crippen molar-refractivity contribution in [1.29, 1.82) is 0 Å². The molecule has 1 rings (SSSR count). The fraction of sp³-hybridized carbons (Fsp3) is 0.545. The van der Waals surface area contributed by atoms with Gasteiger partial charge in [-0.3, -0.25) is 4.79 Å². The third-order valence-electron chi connectivity index (χ3n) is 2.51. The van der Waals surface area contributed by atoms with Gasteiger partial charge in [0.05, 0.1) is 12.0 Å². The largest absolute Gasteiger partial charge is 0.348 e. The molecule has 0 unspecified atom stereocenters. The Morgan fingerprint density at radius 3 is 2.62 bits per heavy atom. The molecule has 0 saturated heterocycles. The third-order valence-corrected chi connectivity index (χ3v) is 4.41. The van der Waals surface area contributed by atoms with Crippen LogP contribution >= 0.6 is 34.5 Å². The number of thiophene rings is 1. The fourth-order valence-corrected chi connectivity index (χ4v) is 2.79. The van der Waals surface area contributed by atoms with Gasteiger partial charge in [0.1, 0.15) is 0 Å². The highest BCUT2D eigenvalue weighted by atomic mass is 35.5. The molecule has 0 aliphatic rings. The predicted molar refractivity (Wildman–Crippen MR) is 70.6 cm³/mol. The monoisotopic (exact) mass is 279 g/mol. The second-order valence-corrected chi connectivity index (χ2v) is 5.27. The molecule has 1 N–H and O–H groups in total. The third kappa shape index (κ3) is 3.65. The first-order chi connectivity index (χ1) is 7.65. The highest BCUT2D eigenvalue weighted by molar-refractivity contribution is 7.10. The second kappa shape index (κ2) is 6.48. The highest BCUT2D eigenvalue weighted by Gasteiger charge is 2.28. The maximum atomic E-state index is 11.8. The Morgan fingerprint density at radius 1 is 1.50 bits per heavy atom. The van der Waals surface area contributed by atoms with Crippen LogP contribution in [0.2, 0.25) is 0 Å². The van der Waals surface area contributed by atoms with E-state index in [0.29, 0.717) is 18.2 Å². The second-order valence-electron chi connectivity index (χ2n) is 3.71. The Morgan fingerprint density at radius 2 is 2.19 bits per heavy atom. The van der Waals surface area contributed by atoms with Gasteiger partial charge in [-0.05, 0) is 17.9 Å². The quantitative estimate of drug-likeness (QED) is 0.797. The lowest BCUT2D eigenvalue weighted by atomic mass is 10.0. The molecule has 1 amide bonds. The molecule has 1 aromatic rings. The van der Waals surface area contributed by atoms with Crippen molar-refractivity contribution in [3.05, 3.63) is 22.4 Å². The number of amides is 1. The number of hydrogen-bond acceptors (Lipinski definition) is 2. The molecule has 2 nitrogen and oxygen atoms in total. The number of hydrogen-bond donors (Lipinski definition) is 1. The summed E-state index contributed by atoms with van der Waals surface area (Å²) in [6, 6.07) is 3.88. The van der Waals surface area contributed by atoms with Crippen LogP contribution in [0.1, 0.15) is 18.2 Å². The summed E-state index contributed by atoms with van der Waals surface area (Å²) < 4.78 is 0. The summed E-state index contributed by atoms with van der Waals surface area (Å²) in [6.45, 7) is 1.97. The molecular weight excluding hydrogens is 265 g/mol. The van der Waals surface area contributed by atoms with Gasteiger partial charge in [-0.15, -0.1) is 34.5 Å². The number of carbonyl (C=O) groups excluding carboxylic acids is 1. The lowest BCUT2D eigenvalue weighted by molar-refractivity contribution is -0.121. The van der Waals surface area contributed by atoms with E-state index in [0.717, 1.165) is 11.3 Å². The number of rotatable bonds is 6. The molecule has 90 valence electrons. The SMILES string of the molecule is CCC(CCl)(CCl)NC(=O)Cc1cccs1. The van der Waals surface area contributed by atoms with E-state index in [1.807, 2.05) is 24.4 Å². The van der Waals surface area contributed by atoms with Gasteiger partial charge in [-0.25, -0.2) is 0 Å². The predicted octanol–water partition coefficient (Wildman–Crippen LogP) is 3.03. The number of alkyl halides is 2. The molecule has 0 aromatic carbocycles. The van der Waals surface area contributed by atoms with Crippen molar-refractivity contribution >= 4 is 40.4 Å². The first-order valence-electron chi connectivity index (χ1n) is 5.11. The molecule has 0 spiro atoms. The number of nitrogens with one attached hydrogen (secondary N) is 1. The van der Waals surface area contributed by atoms with Crippen LogP contribution < -0.4 is 5.32 Å². The van der Waals surface area contributed by atoms with Crippen LogP contribution in [0, 0.1) is 0 Å². The molecular formula is C11H15Cl2NOS. The molecule has 0 saturated carbocycles. The van der Waals surface area contributed by atoms with Crippen molar-refractivity contribution in [3.8, 4) is 0 Å². The van der Waals surface area contributed by atoms with E-state index in [4.69, 9.17) is 23.2 Å². The summed E-state index contributed by atoms with van der Waals surface area (Å²) in [5.41, 5.74) is -0.475. The van der Waals surface area contributed by atoms with Crippen molar-refractivity contribution in [1.82, 2.24) is 5.32 Å². The van der Waals surface area contributed by atoms with Crippen LogP contribution in [0.15, 0.2) is 17.5 Å². The Balaban J connectivity index is 2.55. The van der Waals surface area contributed by atoms with E-state index in [1.165, 1.54) is 0 Å². The van der Waals surface area contributed by atoms with E-state index in [2.05, 4.69) is 5.32 Å². The molecule has 0 fully saturated rings. The highest BCUT2D eigenvalue weighted by Crippen LogP contribution is 2.16. The molecule has 0 atom stereocenters. The summed E-state index contributed by atoms with van der Waals surface area (Å²) in [4.78, 5) is 12.8. The van der Waals surface area contributed by atoms with Crippen LogP contribution in [0.25, 0.3) is 0 Å². The van der Waals surface area contributed by atoms with E-state index in [1.54, 1.807) is 11.3 Å². The van der Waals surface area contributed by atoms with E-state index < -0.39 is 5.54 Å². The van der Waals surface area contributed by atoms with Crippen molar-refractivity contribution in [2.75, 3.05) is 11.8 Å². The van der Waals surface area contributed by atoms with E-state index in [-0.39, 0.29) is 5.91 Å². The van der Waals surface area contributed by atoms with Gasteiger partial charge in [-0.2, -0.15) is 0 Å². The van der Waals surface area contributed by atoms with E-state index in [9.17, 15) is 4.79 Å². The zero-order valence-electron chi connectivity index (χ0n) is 9.13. The Kier molecular flexibility index (Phi) is 5.59. The molecule has 5 heteroatoms. The minimum atomic E-state index is -0.475. The van der Waals surface area contributed by atoms with Crippen LogP contribution in [0.4, 0.5) is 0 Å². The summed E-state index contributed by atoms with van der Waals surface area (Å²) >= 11 is 13.3. The zero-order chi connectivity index (χ0) is 12.0. The van der Waals surface area contributed by atoms with Crippen LogP contribution in [0.5, 0.6) is 0 Å². The summed E-state index contributed by atoms with van der Waals surface area (Å²) in [5, 5.41) is 4.88. The van der Waals surface area contributed by atoms with Crippen LogP contribution in [-0.2, 0) is 11.2 Å². The molecule has 0 aliphatic heterocycles. The minimum Gasteiger partial charge on any atom is -0.348 e. The molecule has 0 bridgehead atoms. The summed E-state index contributed by atoms with van der Waals surface area (Å²) in [5.74, 6) is 0.650. The number of halogens is 2. The van der Waals surface area contributed by atoms with Gasteiger partial charge in [0.2, 0.25) is 5.91 Å². The average molecular weight is 280 g/mol. The molecule has 0 radical (unpaired) electrons. The lowest BCUT2D eigenvalue weighted by Crippen LogP contribution is -2.51. The van der Waals surface area contributed by atoms with Crippen molar-refractivity contribution in [2.24, 2.45) is 0 Å². The molecule has 0 aliphatic carbocycles. The molecule has 1 aromatic heterocycles. The van der Waals surface area contributed by atoms with Gasteiger partial charge < -0.3 is 5.32 Å². The standard InChI is InChI=1S/C11H15Cl2NOS/c1-2-11(7-12,8-13)14-10(15)6-9-4-3-5-16-9/h3-5H,2,6-8H2,1H3,(H,14,15). The van der Waals surface area contributed by atoms with Gasteiger partial charge >= 0.3 is 0 Å². The Hall–Kier alpha value is -0.250. The first kappa shape index (κ1) is 13.8. The molecule has 16 heavy (non-hydrogen) atoms. The van der Waals surface area contributed by atoms with Gasteiger partial charge in [-0.1, -0.05) is 13.0 Å². The van der Waals surface area contributed by atoms with Crippen LogP contribution in [-0.4, -0.2) is 23.2 Å². The van der Waals surface area contributed by atoms with Gasteiger partial charge in [0, 0.05) is 16.6 Å². The Bertz CT molecular complexity index is 314. The summed E-state index contributed by atoms with van der Waals surface area (Å²) in [6.07, 6.45) is 1.13. The lowest BCUT2D eigenvalue weighted by Gasteiger charge is -2.29. The Labute approximate surface area is 110 Å². The molecule has 1 heterocycles. The van der Waals surface area contributed by atoms with Gasteiger partial charge in [0.15, 0.2) is 0 Å². The number of carbonyl (C=O) groups is 1. The van der Waals surface area contributed by atoms with Crippen molar-refractivity contribution in [2.45, 2.75) is 25.3 Å². The summed E-state index contributed by atoms with van der Waals surface area (Å²) in [7, 11) is 0. The van der Waals surface area contributed by atoms with E-state index >= 15 is 0 Å². The maximum absolute atomic E-state index is 11.8. The topological polar surface area (TPSA) is 29.1 Å². The normalized spacial score (nSPS) is 11.4. The average Bonchev–Trinajstić information content (AvgIpc) is 2.79. The van der Waals surface area contributed by atoms with Crippen LogP contribution in [0.3, 0.4) is 0 Å². The fourth-order valence-electron chi connectivity index (χ4n) is 1.29. The van der Waals surface area contributed by atoms with Crippen molar-refractivity contribution < 1.29 is 4.79 Å². The van der Waals surface area contributed by atoms with Crippen molar-refractivity contribution in [3.63, 3.8) is 0 Å². The smallest absolute Gasteiger partial charge is 0.225 e.